The molecule has 1 aliphatic rings. The van der Waals surface area contributed by atoms with Crippen molar-refractivity contribution in [3.63, 3.8) is 0 Å². The normalized spacial score (nSPS) is 15.8. The lowest BCUT2D eigenvalue weighted by Gasteiger charge is -2.07. The highest BCUT2D eigenvalue weighted by Crippen LogP contribution is 2.23. The fraction of sp³-hybridized carbons (Fsp3) is 0.0952. The number of amides is 1. The summed E-state index contributed by atoms with van der Waals surface area (Å²) in [6.07, 6.45) is 2.56. The van der Waals surface area contributed by atoms with Crippen molar-refractivity contribution in [3.05, 3.63) is 76.0 Å². The summed E-state index contributed by atoms with van der Waals surface area (Å²) in [6, 6.07) is 12.9. The molecule has 2 aromatic carbocycles. The van der Waals surface area contributed by atoms with E-state index in [2.05, 4.69) is 20.3 Å². The topological polar surface area (TPSA) is 113 Å². The molecule has 1 heterocycles. The number of thioether (sulfide) groups is 1. The second-order valence-corrected chi connectivity index (χ2v) is 7.04. The monoisotopic (exact) mass is 438 g/mol. The number of esters is 1. The van der Waals surface area contributed by atoms with Crippen molar-refractivity contribution < 1.29 is 23.5 Å². The average molecular weight is 438 g/mol. The molecule has 0 aromatic heterocycles. The number of carbonyl (C=O) groups is 2. The van der Waals surface area contributed by atoms with Gasteiger partial charge in [-0.1, -0.05) is 6.07 Å². The summed E-state index contributed by atoms with van der Waals surface area (Å²) in [5, 5.41) is 19.3. The zero-order valence-corrected chi connectivity index (χ0v) is 17.0. The molecule has 0 aliphatic carbocycles. The number of nitriles is 1. The van der Waals surface area contributed by atoms with Gasteiger partial charge in [0.1, 0.15) is 18.2 Å². The van der Waals surface area contributed by atoms with Gasteiger partial charge >= 0.3 is 5.97 Å². The number of rotatable bonds is 6. The smallest absolute Gasteiger partial charge is 0.331 e. The van der Waals surface area contributed by atoms with Gasteiger partial charge in [0.25, 0.3) is 5.91 Å². The third kappa shape index (κ3) is 6.01. The van der Waals surface area contributed by atoms with Crippen LogP contribution >= 0.6 is 11.8 Å². The first-order valence-corrected chi connectivity index (χ1v) is 9.61. The van der Waals surface area contributed by atoms with Gasteiger partial charge in [-0.25, -0.2) is 9.18 Å². The maximum atomic E-state index is 13.9. The lowest BCUT2D eigenvalue weighted by Crippen LogP contribution is -2.19. The quantitative estimate of drug-likeness (QED) is 0.321. The number of halogens is 1. The average Bonchev–Trinajstić information content (AvgIpc) is 3.12. The lowest BCUT2D eigenvalue weighted by atomic mass is 10.1. The van der Waals surface area contributed by atoms with E-state index >= 15 is 0 Å². The van der Waals surface area contributed by atoms with E-state index in [4.69, 9.17) is 10.00 Å². The number of benzene rings is 2. The van der Waals surface area contributed by atoms with Crippen LogP contribution in [0.3, 0.4) is 0 Å². The minimum atomic E-state index is -0.633. The van der Waals surface area contributed by atoms with Crippen molar-refractivity contribution in [3.8, 4) is 11.8 Å². The molecule has 0 saturated carbocycles. The molecule has 0 unspecified atom stereocenters. The molecule has 0 bridgehead atoms. The predicted octanol–water partition coefficient (Wildman–Crippen LogP) is 2.89. The minimum absolute atomic E-state index is 0.0248. The minimum Gasteiger partial charge on any atom is -0.489 e. The third-order valence-electron chi connectivity index (χ3n) is 3.91. The number of amidine groups is 1. The van der Waals surface area contributed by atoms with E-state index in [0.29, 0.717) is 11.3 Å². The standard InChI is InChI=1S/C21H15FN4O4S/c1-29-19(27)9-18-20(28)25-21(31-18)26-24-11-13-3-6-16(7-4-13)30-12-15-5-2-14(10-23)8-17(15)22/h2-9,11H,12H2,1H3,(H,25,26,28)/b18-9+,24-11?. The van der Waals surface area contributed by atoms with Crippen molar-refractivity contribution in [2.45, 2.75) is 6.61 Å². The highest BCUT2D eigenvalue weighted by atomic mass is 32.2. The molecule has 10 heteroatoms. The first kappa shape index (κ1) is 21.7. The van der Waals surface area contributed by atoms with Gasteiger partial charge in [0.05, 0.1) is 29.9 Å². The molecule has 1 amide bonds. The molecule has 8 nitrogen and oxygen atoms in total. The van der Waals surface area contributed by atoms with Crippen molar-refractivity contribution >= 4 is 35.0 Å². The summed E-state index contributed by atoms with van der Waals surface area (Å²) in [5.74, 6) is -1.05. The van der Waals surface area contributed by atoms with Gasteiger partial charge < -0.3 is 9.47 Å². The van der Waals surface area contributed by atoms with Crippen molar-refractivity contribution in [2.75, 3.05) is 7.11 Å². The van der Waals surface area contributed by atoms with Crippen LogP contribution in [0.15, 0.2) is 63.6 Å². The van der Waals surface area contributed by atoms with Crippen LogP contribution in [0.5, 0.6) is 5.75 Å². The molecule has 1 fully saturated rings. The van der Waals surface area contributed by atoms with Crippen molar-refractivity contribution in [1.29, 1.82) is 5.26 Å². The molecule has 1 saturated heterocycles. The van der Waals surface area contributed by atoms with Crippen LogP contribution in [0.25, 0.3) is 0 Å². The van der Waals surface area contributed by atoms with Crippen LogP contribution in [0, 0.1) is 17.1 Å². The van der Waals surface area contributed by atoms with Gasteiger partial charge in [0, 0.05) is 11.6 Å². The van der Waals surface area contributed by atoms with E-state index in [-0.39, 0.29) is 22.2 Å². The van der Waals surface area contributed by atoms with Crippen molar-refractivity contribution in [2.24, 2.45) is 10.2 Å². The summed E-state index contributed by atoms with van der Waals surface area (Å²) in [7, 11) is 1.22. The molecular weight excluding hydrogens is 423 g/mol. The molecule has 156 valence electrons. The molecule has 3 rings (SSSR count). The molecule has 0 radical (unpaired) electrons. The number of nitrogens with one attached hydrogen (secondary N) is 1. The second-order valence-electron chi connectivity index (χ2n) is 6.01. The predicted molar refractivity (Wildman–Crippen MR) is 113 cm³/mol. The fourth-order valence-corrected chi connectivity index (χ4v) is 3.07. The van der Waals surface area contributed by atoms with Crippen LogP contribution in [0.2, 0.25) is 0 Å². The van der Waals surface area contributed by atoms with E-state index in [1.54, 1.807) is 24.3 Å². The maximum Gasteiger partial charge on any atom is 0.331 e. The molecule has 2 aromatic rings. The van der Waals surface area contributed by atoms with Crippen molar-refractivity contribution in [1.82, 2.24) is 5.32 Å². The van der Waals surface area contributed by atoms with Crippen LogP contribution in [0.1, 0.15) is 16.7 Å². The Morgan fingerprint density at radius 1 is 1.29 bits per heavy atom. The zero-order chi connectivity index (χ0) is 22.2. The van der Waals surface area contributed by atoms with Gasteiger partial charge in [-0.3, -0.25) is 10.1 Å². The van der Waals surface area contributed by atoms with E-state index in [1.165, 1.54) is 31.5 Å². The van der Waals surface area contributed by atoms with Crippen LogP contribution in [-0.4, -0.2) is 30.4 Å². The van der Waals surface area contributed by atoms with E-state index < -0.39 is 17.7 Å². The number of hydrogen-bond donors (Lipinski definition) is 1. The molecular formula is C21H15FN4O4S. The number of ether oxygens (including phenoxy) is 2. The first-order chi connectivity index (χ1) is 15.0. The molecule has 1 aliphatic heterocycles. The summed E-state index contributed by atoms with van der Waals surface area (Å²) in [5.41, 5.74) is 1.32. The lowest BCUT2D eigenvalue weighted by molar-refractivity contribution is -0.135. The number of nitrogens with zero attached hydrogens (tertiary/aromatic N) is 3. The Kier molecular flexibility index (Phi) is 7.13. The van der Waals surface area contributed by atoms with E-state index in [0.717, 1.165) is 23.4 Å². The Morgan fingerprint density at radius 3 is 2.74 bits per heavy atom. The Balaban J connectivity index is 1.56. The molecule has 31 heavy (non-hydrogen) atoms. The maximum absolute atomic E-state index is 13.9. The highest BCUT2D eigenvalue weighted by molar-refractivity contribution is 8.18. The van der Waals surface area contributed by atoms with Gasteiger partial charge in [-0.15, -0.1) is 5.10 Å². The molecule has 0 atom stereocenters. The van der Waals surface area contributed by atoms with E-state index in [9.17, 15) is 14.0 Å². The summed E-state index contributed by atoms with van der Waals surface area (Å²) < 4.78 is 23.9. The van der Waals surface area contributed by atoms with Crippen LogP contribution in [-0.2, 0) is 20.9 Å². The number of hydrogen-bond acceptors (Lipinski definition) is 8. The summed E-state index contributed by atoms with van der Waals surface area (Å²) >= 11 is 0.975. The van der Waals surface area contributed by atoms with E-state index in [1.807, 2.05) is 6.07 Å². The molecule has 1 N–H and O–H groups in total. The third-order valence-corrected chi connectivity index (χ3v) is 4.81. The first-order valence-electron chi connectivity index (χ1n) is 8.80. The fourth-order valence-electron chi connectivity index (χ4n) is 2.33. The Hall–Kier alpha value is -3.97. The summed E-state index contributed by atoms with van der Waals surface area (Å²) in [6.45, 7) is 0.0248. The number of methoxy groups -OCH3 is 1. The van der Waals surface area contributed by atoms with Gasteiger partial charge in [-0.05, 0) is 53.7 Å². The van der Waals surface area contributed by atoms with Gasteiger partial charge in [-0.2, -0.15) is 10.4 Å². The second kappa shape index (κ2) is 10.2. The van der Waals surface area contributed by atoms with Gasteiger partial charge in [0.2, 0.25) is 0 Å². The van der Waals surface area contributed by atoms with Crippen LogP contribution < -0.4 is 10.1 Å². The highest BCUT2D eigenvalue weighted by Gasteiger charge is 2.24. The van der Waals surface area contributed by atoms with Crippen LogP contribution in [0.4, 0.5) is 4.39 Å². The SMILES string of the molecule is COC(=O)/C=C1/S/C(=N\N=Cc2ccc(OCc3ccc(C#N)cc3F)cc2)NC1=O. The Bertz CT molecular complexity index is 1140. The molecule has 0 spiro atoms. The summed E-state index contributed by atoms with van der Waals surface area (Å²) in [4.78, 5) is 23.1. The Morgan fingerprint density at radius 2 is 2.06 bits per heavy atom. The zero-order valence-electron chi connectivity index (χ0n) is 16.2. The Labute approximate surface area is 181 Å². The largest absolute Gasteiger partial charge is 0.489 e. The number of carbonyl (C=O) groups excluding carboxylic acids is 2. The van der Waals surface area contributed by atoms with Gasteiger partial charge in [0.15, 0.2) is 5.17 Å².